The average molecular weight is 293 g/mol. The highest BCUT2D eigenvalue weighted by atomic mass is 32.2. The standard InChI is InChI=1S/C13H15N3O3S/c14-10-6-11-8(1-2-13(17)16-11)5-12(10)15-9-3-4-20(18,19)7-9/h3-6,9,15H,1-2,7,14H2,(H,16,17). The number of nitrogens with one attached hydrogen (secondary N) is 2. The summed E-state index contributed by atoms with van der Waals surface area (Å²) < 4.78 is 22.8. The lowest BCUT2D eigenvalue weighted by Gasteiger charge is -2.21. The number of sulfone groups is 1. The lowest BCUT2D eigenvalue weighted by molar-refractivity contribution is -0.116. The first-order valence-corrected chi connectivity index (χ1v) is 8.04. The minimum absolute atomic E-state index is 0.0116. The zero-order valence-electron chi connectivity index (χ0n) is 10.7. The molecule has 0 spiro atoms. The largest absolute Gasteiger partial charge is 0.397 e. The van der Waals surface area contributed by atoms with Crippen LogP contribution in [-0.2, 0) is 21.1 Å². The average Bonchev–Trinajstić information content (AvgIpc) is 2.70. The maximum atomic E-state index is 11.4. The van der Waals surface area contributed by atoms with E-state index < -0.39 is 9.84 Å². The summed E-state index contributed by atoms with van der Waals surface area (Å²) in [5.74, 6) is 0.0303. The Bertz CT molecular complexity index is 710. The summed E-state index contributed by atoms with van der Waals surface area (Å²) in [6.07, 6.45) is 2.74. The van der Waals surface area contributed by atoms with Gasteiger partial charge in [-0.1, -0.05) is 6.08 Å². The molecule has 1 amide bonds. The molecule has 2 aliphatic heterocycles. The highest BCUT2D eigenvalue weighted by Gasteiger charge is 2.23. The SMILES string of the molecule is Nc1cc2c(cc1NC1C=CS(=O)(=O)C1)CCC(=O)N2. The topological polar surface area (TPSA) is 101 Å². The molecule has 1 aromatic carbocycles. The van der Waals surface area contributed by atoms with Gasteiger partial charge < -0.3 is 16.4 Å². The van der Waals surface area contributed by atoms with E-state index in [1.165, 1.54) is 5.41 Å². The van der Waals surface area contributed by atoms with E-state index >= 15 is 0 Å². The fraction of sp³-hybridized carbons (Fsp3) is 0.308. The Morgan fingerprint density at radius 1 is 1.30 bits per heavy atom. The number of anilines is 3. The fourth-order valence-electron chi connectivity index (χ4n) is 2.44. The van der Waals surface area contributed by atoms with E-state index in [1.807, 2.05) is 6.07 Å². The van der Waals surface area contributed by atoms with Crippen molar-refractivity contribution in [2.75, 3.05) is 22.1 Å². The first-order chi connectivity index (χ1) is 9.43. The van der Waals surface area contributed by atoms with Gasteiger partial charge in [0.15, 0.2) is 9.84 Å². The molecular formula is C13H15N3O3S. The molecule has 1 aromatic rings. The number of nitrogen functional groups attached to an aromatic ring is 1. The molecule has 0 bridgehead atoms. The van der Waals surface area contributed by atoms with Crippen LogP contribution >= 0.6 is 0 Å². The van der Waals surface area contributed by atoms with E-state index in [2.05, 4.69) is 10.6 Å². The van der Waals surface area contributed by atoms with Crippen molar-refractivity contribution in [3.8, 4) is 0 Å². The number of amides is 1. The molecule has 0 fully saturated rings. The van der Waals surface area contributed by atoms with E-state index in [0.29, 0.717) is 24.2 Å². The van der Waals surface area contributed by atoms with Gasteiger partial charge in [-0.2, -0.15) is 0 Å². The van der Waals surface area contributed by atoms with Crippen molar-refractivity contribution in [2.45, 2.75) is 18.9 Å². The Hall–Kier alpha value is -2.02. The highest BCUT2D eigenvalue weighted by molar-refractivity contribution is 7.94. The van der Waals surface area contributed by atoms with Crippen molar-refractivity contribution >= 4 is 32.8 Å². The third-order valence-corrected chi connectivity index (χ3v) is 4.84. The summed E-state index contributed by atoms with van der Waals surface area (Å²) in [7, 11) is -3.09. The molecule has 106 valence electrons. The van der Waals surface area contributed by atoms with Gasteiger partial charge in [-0.15, -0.1) is 0 Å². The second-order valence-corrected chi connectivity index (χ2v) is 6.98. The molecule has 0 aromatic heterocycles. The summed E-state index contributed by atoms with van der Waals surface area (Å²) in [5.41, 5.74) is 8.88. The number of nitrogens with two attached hydrogens (primary N) is 1. The molecular weight excluding hydrogens is 278 g/mol. The van der Waals surface area contributed by atoms with Crippen LogP contribution in [0.25, 0.3) is 0 Å². The fourth-order valence-corrected chi connectivity index (χ4v) is 3.67. The molecule has 6 nitrogen and oxygen atoms in total. The van der Waals surface area contributed by atoms with E-state index in [9.17, 15) is 13.2 Å². The Morgan fingerprint density at radius 2 is 2.10 bits per heavy atom. The Balaban J connectivity index is 1.85. The Labute approximate surface area is 117 Å². The molecule has 0 saturated heterocycles. The molecule has 1 atom stereocenters. The summed E-state index contributed by atoms with van der Waals surface area (Å²) in [5, 5.41) is 7.12. The summed E-state index contributed by atoms with van der Waals surface area (Å²) in [4.78, 5) is 11.3. The maximum absolute atomic E-state index is 11.4. The highest BCUT2D eigenvalue weighted by Crippen LogP contribution is 2.31. The Morgan fingerprint density at radius 3 is 2.80 bits per heavy atom. The maximum Gasteiger partial charge on any atom is 0.224 e. The molecule has 0 aliphatic carbocycles. The van der Waals surface area contributed by atoms with Gasteiger partial charge in [-0.3, -0.25) is 4.79 Å². The first kappa shape index (κ1) is 13.0. The number of hydrogen-bond acceptors (Lipinski definition) is 5. The zero-order chi connectivity index (χ0) is 14.3. The van der Waals surface area contributed by atoms with Crippen molar-refractivity contribution in [3.63, 3.8) is 0 Å². The van der Waals surface area contributed by atoms with Crippen LogP contribution in [-0.4, -0.2) is 26.1 Å². The van der Waals surface area contributed by atoms with Gasteiger partial charge >= 0.3 is 0 Å². The van der Waals surface area contributed by atoms with Crippen LogP contribution in [0.2, 0.25) is 0 Å². The second kappa shape index (κ2) is 4.52. The number of carbonyl (C=O) groups is 1. The van der Waals surface area contributed by atoms with Gasteiger partial charge in [0, 0.05) is 17.5 Å². The van der Waals surface area contributed by atoms with Gasteiger partial charge in [-0.25, -0.2) is 8.42 Å². The third-order valence-electron chi connectivity index (χ3n) is 3.44. The van der Waals surface area contributed by atoms with Gasteiger partial charge in [0.25, 0.3) is 0 Å². The molecule has 0 radical (unpaired) electrons. The molecule has 2 heterocycles. The predicted molar refractivity (Wildman–Crippen MR) is 78.1 cm³/mol. The molecule has 20 heavy (non-hydrogen) atoms. The zero-order valence-corrected chi connectivity index (χ0v) is 11.5. The number of aryl methyl sites for hydroxylation is 1. The van der Waals surface area contributed by atoms with Crippen LogP contribution in [0.3, 0.4) is 0 Å². The molecule has 3 rings (SSSR count). The normalized spacial score (nSPS) is 23.2. The number of hydrogen-bond donors (Lipinski definition) is 3. The van der Waals surface area contributed by atoms with E-state index in [0.717, 1.165) is 11.3 Å². The van der Waals surface area contributed by atoms with Crippen LogP contribution in [0.5, 0.6) is 0 Å². The van der Waals surface area contributed by atoms with Crippen LogP contribution in [0.4, 0.5) is 17.1 Å². The van der Waals surface area contributed by atoms with Crippen molar-refractivity contribution in [3.05, 3.63) is 29.2 Å². The lowest BCUT2D eigenvalue weighted by Crippen LogP contribution is -2.23. The van der Waals surface area contributed by atoms with Crippen LogP contribution < -0.4 is 16.4 Å². The molecule has 4 N–H and O–H groups in total. The van der Waals surface area contributed by atoms with Crippen molar-refractivity contribution in [1.29, 1.82) is 0 Å². The lowest BCUT2D eigenvalue weighted by atomic mass is 10.0. The number of fused-ring (bicyclic) bond motifs is 1. The van der Waals surface area contributed by atoms with Crippen molar-refractivity contribution in [1.82, 2.24) is 0 Å². The van der Waals surface area contributed by atoms with Crippen LogP contribution in [0.15, 0.2) is 23.6 Å². The molecule has 2 aliphatic rings. The van der Waals surface area contributed by atoms with Gasteiger partial charge in [0.2, 0.25) is 5.91 Å². The molecule has 1 unspecified atom stereocenters. The third kappa shape index (κ3) is 2.49. The van der Waals surface area contributed by atoms with E-state index in [-0.39, 0.29) is 17.7 Å². The number of benzene rings is 1. The second-order valence-electron chi connectivity index (χ2n) is 5.05. The smallest absolute Gasteiger partial charge is 0.224 e. The molecule has 0 saturated carbocycles. The van der Waals surface area contributed by atoms with Crippen molar-refractivity contribution in [2.24, 2.45) is 0 Å². The van der Waals surface area contributed by atoms with E-state index in [1.54, 1.807) is 12.1 Å². The monoisotopic (exact) mass is 293 g/mol. The van der Waals surface area contributed by atoms with Gasteiger partial charge in [0.1, 0.15) is 0 Å². The number of rotatable bonds is 2. The first-order valence-electron chi connectivity index (χ1n) is 6.33. The summed E-state index contributed by atoms with van der Waals surface area (Å²) in [6.45, 7) is 0. The van der Waals surface area contributed by atoms with E-state index in [4.69, 9.17) is 5.73 Å². The summed E-state index contributed by atoms with van der Waals surface area (Å²) >= 11 is 0. The van der Waals surface area contributed by atoms with Gasteiger partial charge in [0.05, 0.1) is 23.2 Å². The number of carbonyl (C=O) groups excluding carboxylic acids is 1. The van der Waals surface area contributed by atoms with Crippen LogP contribution in [0, 0.1) is 0 Å². The Kier molecular flexibility index (Phi) is 2.93. The predicted octanol–water partition coefficient (Wildman–Crippen LogP) is 0.876. The van der Waals surface area contributed by atoms with Gasteiger partial charge in [-0.05, 0) is 24.1 Å². The van der Waals surface area contributed by atoms with Crippen molar-refractivity contribution < 1.29 is 13.2 Å². The summed E-state index contributed by atoms with van der Waals surface area (Å²) in [6, 6.07) is 3.32. The quantitative estimate of drug-likeness (QED) is 0.703. The molecule has 7 heteroatoms. The minimum atomic E-state index is -3.09. The minimum Gasteiger partial charge on any atom is -0.397 e. The van der Waals surface area contributed by atoms with Crippen LogP contribution in [0.1, 0.15) is 12.0 Å².